The van der Waals surface area contributed by atoms with Crippen molar-refractivity contribution in [3.63, 3.8) is 0 Å². The first-order chi connectivity index (χ1) is 6.81. The average molecular weight is 248 g/mol. The molecule has 1 heterocycles. The molecule has 2 rings (SSSR count). The van der Waals surface area contributed by atoms with Gasteiger partial charge in [-0.1, -0.05) is 17.7 Å². The molecule has 0 amide bonds. The summed E-state index contributed by atoms with van der Waals surface area (Å²) in [6.45, 7) is 1.79. The van der Waals surface area contributed by atoms with Crippen LogP contribution >= 0.6 is 24.0 Å². The van der Waals surface area contributed by atoms with Gasteiger partial charge >= 0.3 is 0 Å². The highest BCUT2D eigenvalue weighted by molar-refractivity contribution is 6.30. The van der Waals surface area contributed by atoms with E-state index in [0.29, 0.717) is 5.92 Å². The minimum atomic E-state index is 0. The van der Waals surface area contributed by atoms with Crippen molar-refractivity contribution in [2.45, 2.75) is 12.3 Å². The van der Waals surface area contributed by atoms with Crippen LogP contribution in [0.2, 0.25) is 5.02 Å². The third kappa shape index (κ3) is 2.77. The van der Waals surface area contributed by atoms with Gasteiger partial charge in [-0.3, -0.25) is 0 Å². The van der Waals surface area contributed by atoms with Crippen LogP contribution in [0.25, 0.3) is 0 Å². The quantitative estimate of drug-likeness (QED) is 0.868. The summed E-state index contributed by atoms with van der Waals surface area (Å²) in [5.74, 6) is 1.50. The van der Waals surface area contributed by atoms with E-state index in [1.807, 2.05) is 19.2 Å². The van der Waals surface area contributed by atoms with Crippen LogP contribution in [0.1, 0.15) is 17.9 Å². The van der Waals surface area contributed by atoms with Gasteiger partial charge in [0.25, 0.3) is 0 Å². The van der Waals surface area contributed by atoms with Crippen LogP contribution in [0, 0.1) is 0 Å². The van der Waals surface area contributed by atoms with E-state index in [2.05, 4.69) is 11.4 Å². The third-order valence-electron chi connectivity index (χ3n) is 2.59. The Kier molecular flexibility index (Phi) is 4.71. The summed E-state index contributed by atoms with van der Waals surface area (Å²) in [6.07, 6.45) is 1.08. The van der Waals surface area contributed by atoms with Gasteiger partial charge in [-0.2, -0.15) is 0 Å². The normalized spacial score (nSPS) is 18.7. The lowest BCUT2D eigenvalue weighted by atomic mass is 9.93. The number of benzene rings is 1. The fourth-order valence-corrected chi connectivity index (χ4v) is 2.06. The molecule has 0 spiro atoms. The molecule has 1 aliphatic rings. The van der Waals surface area contributed by atoms with Crippen molar-refractivity contribution in [1.29, 1.82) is 0 Å². The SMILES string of the molecule is CNCC1CCOc2cc(Cl)ccc21.Cl. The average Bonchev–Trinajstić information content (AvgIpc) is 2.18. The number of rotatable bonds is 2. The molecule has 2 nitrogen and oxygen atoms in total. The van der Waals surface area contributed by atoms with Gasteiger partial charge in [-0.05, 0) is 31.2 Å². The van der Waals surface area contributed by atoms with Crippen molar-refractivity contribution in [2.75, 3.05) is 20.2 Å². The predicted octanol–water partition coefficient (Wildman–Crippen LogP) is 2.85. The first-order valence-corrected chi connectivity index (χ1v) is 5.26. The fraction of sp³-hybridized carbons (Fsp3) is 0.455. The zero-order chi connectivity index (χ0) is 9.97. The number of ether oxygens (including phenoxy) is 1. The Hall–Kier alpha value is -0.440. The Labute approximate surface area is 101 Å². The molecule has 15 heavy (non-hydrogen) atoms. The molecule has 4 heteroatoms. The Morgan fingerprint density at radius 3 is 3.07 bits per heavy atom. The lowest BCUT2D eigenvalue weighted by Crippen LogP contribution is -2.23. The smallest absolute Gasteiger partial charge is 0.124 e. The van der Waals surface area contributed by atoms with Crippen LogP contribution in [0.3, 0.4) is 0 Å². The molecule has 0 bridgehead atoms. The van der Waals surface area contributed by atoms with Gasteiger partial charge in [0.05, 0.1) is 6.61 Å². The van der Waals surface area contributed by atoms with Crippen molar-refractivity contribution in [3.8, 4) is 5.75 Å². The fourth-order valence-electron chi connectivity index (χ4n) is 1.90. The molecule has 0 fully saturated rings. The van der Waals surface area contributed by atoms with Crippen molar-refractivity contribution in [1.82, 2.24) is 5.32 Å². The first kappa shape index (κ1) is 12.6. The van der Waals surface area contributed by atoms with Crippen molar-refractivity contribution in [2.24, 2.45) is 0 Å². The molecule has 0 aromatic heterocycles. The second kappa shape index (κ2) is 5.59. The molecule has 1 aliphatic heterocycles. The summed E-state index contributed by atoms with van der Waals surface area (Å²) in [5.41, 5.74) is 1.27. The molecule has 0 saturated heterocycles. The molecule has 0 aliphatic carbocycles. The second-order valence-electron chi connectivity index (χ2n) is 3.57. The van der Waals surface area contributed by atoms with Gasteiger partial charge in [0, 0.05) is 17.5 Å². The highest BCUT2D eigenvalue weighted by Crippen LogP contribution is 2.34. The Morgan fingerprint density at radius 2 is 2.33 bits per heavy atom. The Balaban J connectivity index is 0.00000112. The minimum absolute atomic E-state index is 0. The minimum Gasteiger partial charge on any atom is -0.493 e. The monoisotopic (exact) mass is 247 g/mol. The zero-order valence-corrected chi connectivity index (χ0v) is 10.2. The molecule has 1 aromatic rings. The summed E-state index contributed by atoms with van der Waals surface area (Å²) in [4.78, 5) is 0. The standard InChI is InChI=1S/C11H14ClNO.ClH/c1-13-7-8-4-5-14-11-6-9(12)2-3-10(8)11;/h2-3,6,8,13H,4-5,7H2,1H3;1H. The van der Waals surface area contributed by atoms with Crippen LogP contribution in [-0.2, 0) is 0 Å². The van der Waals surface area contributed by atoms with E-state index in [9.17, 15) is 0 Å². The van der Waals surface area contributed by atoms with Crippen molar-refractivity contribution < 1.29 is 4.74 Å². The predicted molar refractivity (Wildman–Crippen MR) is 65.5 cm³/mol. The molecule has 1 aromatic carbocycles. The van der Waals surface area contributed by atoms with E-state index in [-0.39, 0.29) is 12.4 Å². The Bertz CT molecular complexity index is 330. The van der Waals surface area contributed by atoms with Gasteiger partial charge in [0.1, 0.15) is 5.75 Å². The summed E-state index contributed by atoms with van der Waals surface area (Å²) < 4.78 is 5.57. The molecule has 1 unspecified atom stereocenters. The van der Waals surface area contributed by atoms with Crippen LogP contribution in [0.15, 0.2) is 18.2 Å². The summed E-state index contributed by atoms with van der Waals surface area (Å²) >= 11 is 5.91. The van der Waals surface area contributed by atoms with Crippen LogP contribution in [0.5, 0.6) is 5.75 Å². The van der Waals surface area contributed by atoms with Gasteiger partial charge in [0.15, 0.2) is 0 Å². The molecular weight excluding hydrogens is 233 g/mol. The Morgan fingerprint density at radius 1 is 1.53 bits per heavy atom. The maximum Gasteiger partial charge on any atom is 0.124 e. The largest absolute Gasteiger partial charge is 0.493 e. The van der Waals surface area contributed by atoms with Crippen LogP contribution in [0.4, 0.5) is 0 Å². The van der Waals surface area contributed by atoms with Crippen molar-refractivity contribution in [3.05, 3.63) is 28.8 Å². The number of fused-ring (bicyclic) bond motifs is 1. The number of likely N-dealkylation sites (N-methyl/N-ethyl adjacent to an activating group) is 1. The summed E-state index contributed by atoms with van der Waals surface area (Å²) in [6, 6.07) is 5.90. The molecular formula is C11H15Cl2NO. The molecule has 84 valence electrons. The maximum atomic E-state index is 5.91. The van der Waals surface area contributed by atoms with Gasteiger partial charge < -0.3 is 10.1 Å². The number of hydrogen-bond donors (Lipinski definition) is 1. The highest BCUT2D eigenvalue weighted by Gasteiger charge is 2.20. The van der Waals surface area contributed by atoms with E-state index in [0.717, 1.165) is 30.3 Å². The van der Waals surface area contributed by atoms with E-state index in [4.69, 9.17) is 16.3 Å². The lowest BCUT2D eigenvalue weighted by Gasteiger charge is -2.25. The van der Waals surface area contributed by atoms with E-state index in [1.54, 1.807) is 0 Å². The number of hydrogen-bond acceptors (Lipinski definition) is 2. The second-order valence-corrected chi connectivity index (χ2v) is 4.01. The van der Waals surface area contributed by atoms with E-state index >= 15 is 0 Å². The van der Waals surface area contributed by atoms with Gasteiger partial charge in [-0.25, -0.2) is 0 Å². The van der Waals surface area contributed by atoms with E-state index < -0.39 is 0 Å². The topological polar surface area (TPSA) is 21.3 Å². The number of halogens is 2. The number of nitrogens with one attached hydrogen (secondary N) is 1. The highest BCUT2D eigenvalue weighted by atomic mass is 35.5. The summed E-state index contributed by atoms with van der Waals surface area (Å²) in [7, 11) is 1.98. The molecule has 1 atom stereocenters. The summed E-state index contributed by atoms with van der Waals surface area (Å²) in [5, 5.41) is 3.95. The van der Waals surface area contributed by atoms with Crippen molar-refractivity contribution >= 4 is 24.0 Å². The third-order valence-corrected chi connectivity index (χ3v) is 2.82. The van der Waals surface area contributed by atoms with Crippen LogP contribution in [-0.4, -0.2) is 20.2 Å². The molecule has 0 radical (unpaired) electrons. The first-order valence-electron chi connectivity index (χ1n) is 4.88. The lowest BCUT2D eigenvalue weighted by molar-refractivity contribution is 0.266. The molecule has 1 N–H and O–H groups in total. The van der Waals surface area contributed by atoms with Gasteiger partial charge in [-0.15, -0.1) is 12.4 Å². The van der Waals surface area contributed by atoms with E-state index in [1.165, 1.54) is 5.56 Å². The molecule has 0 saturated carbocycles. The van der Waals surface area contributed by atoms with Gasteiger partial charge in [0.2, 0.25) is 0 Å². The van der Waals surface area contributed by atoms with Crippen LogP contribution < -0.4 is 10.1 Å². The maximum absolute atomic E-state index is 5.91. The zero-order valence-electron chi connectivity index (χ0n) is 8.63.